The number of anilines is 2. The molecule has 3 rings (SSSR count). The number of nitrogens with one attached hydrogen (secondary N) is 2. The van der Waals surface area contributed by atoms with Crippen LogP contribution in [0, 0.1) is 6.92 Å². The Balaban J connectivity index is 1.62. The van der Waals surface area contributed by atoms with E-state index in [9.17, 15) is 18.0 Å². The SMILES string of the molecule is Cc1cc(C(=O)N2CCCCC2C)ccc1NC(=O)/C=C/c1ccc(NS(C)(=O)=O)cc1. The van der Waals surface area contributed by atoms with Crippen LogP contribution in [0.2, 0.25) is 0 Å². The van der Waals surface area contributed by atoms with E-state index in [0.29, 0.717) is 16.9 Å². The van der Waals surface area contributed by atoms with Crippen LogP contribution < -0.4 is 10.0 Å². The van der Waals surface area contributed by atoms with Crippen molar-refractivity contribution in [3.05, 3.63) is 65.2 Å². The molecule has 2 aromatic carbocycles. The van der Waals surface area contributed by atoms with Gasteiger partial charge in [-0.2, -0.15) is 0 Å². The van der Waals surface area contributed by atoms with Gasteiger partial charge in [0, 0.05) is 35.6 Å². The highest BCUT2D eigenvalue weighted by Gasteiger charge is 2.24. The molecule has 1 aliphatic rings. The maximum atomic E-state index is 12.8. The highest BCUT2D eigenvalue weighted by Crippen LogP contribution is 2.22. The van der Waals surface area contributed by atoms with Crippen molar-refractivity contribution < 1.29 is 18.0 Å². The summed E-state index contributed by atoms with van der Waals surface area (Å²) in [6.07, 6.45) is 7.36. The summed E-state index contributed by atoms with van der Waals surface area (Å²) in [6.45, 7) is 4.73. The van der Waals surface area contributed by atoms with Gasteiger partial charge in [-0.05, 0) is 80.6 Å². The first-order chi connectivity index (χ1) is 15.1. The molecule has 1 atom stereocenters. The molecule has 32 heavy (non-hydrogen) atoms. The molecule has 0 radical (unpaired) electrons. The van der Waals surface area contributed by atoms with E-state index < -0.39 is 10.0 Å². The number of aryl methyl sites for hydroxylation is 1. The molecule has 1 fully saturated rings. The van der Waals surface area contributed by atoms with Crippen molar-refractivity contribution in [3.8, 4) is 0 Å². The second-order valence-electron chi connectivity index (χ2n) is 8.19. The molecule has 2 N–H and O–H groups in total. The van der Waals surface area contributed by atoms with E-state index in [0.717, 1.165) is 43.2 Å². The quantitative estimate of drug-likeness (QED) is 0.643. The number of nitrogens with zero attached hydrogens (tertiary/aromatic N) is 1. The lowest BCUT2D eigenvalue weighted by atomic mass is 10.0. The molecule has 0 saturated carbocycles. The Morgan fingerprint density at radius 2 is 1.81 bits per heavy atom. The molecule has 8 heteroatoms. The van der Waals surface area contributed by atoms with Crippen LogP contribution in [0.1, 0.15) is 47.7 Å². The molecule has 1 heterocycles. The maximum absolute atomic E-state index is 12.8. The van der Waals surface area contributed by atoms with E-state index in [2.05, 4.69) is 17.0 Å². The lowest BCUT2D eigenvalue weighted by molar-refractivity contribution is -0.111. The van der Waals surface area contributed by atoms with Crippen molar-refractivity contribution in [2.24, 2.45) is 0 Å². The summed E-state index contributed by atoms with van der Waals surface area (Å²) in [4.78, 5) is 27.1. The smallest absolute Gasteiger partial charge is 0.254 e. The Morgan fingerprint density at radius 1 is 1.09 bits per heavy atom. The number of benzene rings is 2. The topological polar surface area (TPSA) is 95.6 Å². The fraction of sp³-hybridized carbons (Fsp3) is 0.333. The molecule has 1 aliphatic heterocycles. The normalized spacial score (nSPS) is 16.7. The van der Waals surface area contributed by atoms with Crippen LogP contribution in [-0.4, -0.2) is 44.0 Å². The third-order valence-corrected chi connectivity index (χ3v) is 6.04. The zero-order valence-electron chi connectivity index (χ0n) is 18.6. The molecular weight excluding hydrogens is 426 g/mol. The van der Waals surface area contributed by atoms with Crippen LogP contribution in [0.4, 0.5) is 11.4 Å². The summed E-state index contributed by atoms with van der Waals surface area (Å²) in [5.41, 5.74) is 3.31. The van der Waals surface area contributed by atoms with Crippen LogP contribution in [0.3, 0.4) is 0 Å². The van der Waals surface area contributed by atoms with Crippen LogP contribution in [0.5, 0.6) is 0 Å². The number of piperidine rings is 1. The Labute approximate surface area is 189 Å². The first-order valence-electron chi connectivity index (χ1n) is 10.6. The van der Waals surface area contributed by atoms with Crippen molar-refractivity contribution in [2.45, 2.75) is 39.2 Å². The summed E-state index contributed by atoms with van der Waals surface area (Å²) in [7, 11) is -3.33. The van der Waals surface area contributed by atoms with Gasteiger partial charge in [-0.1, -0.05) is 12.1 Å². The molecule has 2 aromatic rings. The average Bonchev–Trinajstić information content (AvgIpc) is 2.73. The number of carbonyl (C=O) groups is 2. The number of hydrogen-bond acceptors (Lipinski definition) is 4. The minimum absolute atomic E-state index is 0.0342. The predicted octanol–water partition coefficient (Wildman–Crippen LogP) is 4.03. The van der Waals surface area contributed by atoms with Gasteiger partial charge in [0.1, 0.15) is 0 Å². The van der Waals surface area contributed by atoms with Gasteiger partial charge in [0.2, 0.25) is 15.9 Å². The number of sulfonamides is 1. The largest absolute Gasteiger partial charge is 0.336 e. The first-order valence-corrected chi connectivity index (χ1v) is 12.5. The summed E-state index contributed by atoms with van der Waals surface area (Å²) < 4.78 is 24.9. The predicted molar refractivity (Wildman–Crippen MR) is 128 cm³/mol. The third kappa shape index (κ3) is 6.43. The van der Waals surface area contributed by atoms with Crippen LogP contribution in [0.15, 0.2) is 48.5 Å². The van der Waals surface area contributed by atoms with Crippen LogP contribution in [0.25, 0.3) is 6.08 Å². The molecule has 170 valence electrons. The molecule has 0 aromatic heterocycles. The Morgan fingerprint density at radius 3 is 2.44 bits per heavy atom. The van der Waals surface area contributed by atoms with E-state index >= 15 is 0 Å². The first kappa shape index (κ1) is 23.5. The molecule has 1 saturated heterocycles. The lowest BCUT2D eigenvalue weighted by Gasteiger charge is -2.33. The number of amides is 2. The molecule has 2 amide bonds. The van der Waals surface area contributed by atoms with Crippen molar-refractivity contribution >= 4 is 39.3 Å². The molecular formula is C24H29N3O4S. The van der Waals surface area contributed by atoms with Crippen molar-refractivity contribution in [1.29, 1.82) is 0 Å². The van der Waals surface area contributed by atoms with Gasteiger partial charge in [0.25, 0.3) is 5.91 Å². The Kier molecular flexibility index (Phi) is 7.35. The second kappa shape index (κ2) is 9.99. The van der Waals surface area contributed by atoms with Gasteiger partial charge in [-0.25, -0.2) is 8.42 Å². The van der Waals surface area contributed by atoms with Crippen molar-refractivity contribution in [3.63, 3.8) is 0 Å². The van der Waals surface area contributed by atoms with Crippen LogP contribution in [-0.2, 0) is 14.8 Å². The average molecular weight is 456 g/mol. The lowest BCUT2D eigenvalue weighted by Crippen LogP contribution is -2.42. The molecule has 0 aliphatic carbocycles. The second-order valence-corrected chi connectivity index (χ2v) is 9.94. The molecule has 0 bridgehead atoms. The van der Waals surface area contributed by atoms with Crippen molar-refractivity contribution in [2.75, 3.05) is 22.8 Å². The maximum Gasteiger partial charge on any atom is 0.254 e. The highest BCUT2D eigenvalue weighted by molar-refractivity contribution is 7.92. The summed E-state index contributed by atoms with van der Waals surface area (Å²) >= 11 is 0. The van der Waals surface area contributed by atoms with E-state index in [1.54, 1.807) is 42.5 Å². The van der Waals surface area contributed by atoms with Gasteiger partial charge in [-0.3, -0.25) is 14.3 Å². The fourth-order valence-corrected chi connectivity index (χ4v) is 4.29. The van der Waals surface area contributed by atoms with Gasteiger partial charge < -0.3 is 10.2 Å². The minimum atomic E-state index is -3.33. The van der Waals surface area contributed by atoms with E-state index in [1.165, 1.54) is 6.08 Å². The third-order valence-electron chi connectivity index (χ3n) is 5.44. The number of rotatable bonds is 6. The van der Waals surface area contributed by atoms with Gasteiger partial charge in [0.15, 0.2) is 0 Å². The van der Waals surface area contributed by atoms with Gasteiger partial charge in [-0.15, -0.1) is 0 Å². The van der Waals surface area contributed by atoms with Crippen molar-refractivity contribution in [1.82, 2.24) is 4.90 Å². The summed E-state index contributed by atoms with van der Waals surface area (Å²) in [5, 5.41) is 2.84. The number of likely N-dealkylation sites (tertiary alicyclic amines) is 1. The van der Waals surface area contributed by atoms with E-state index in [4.69, 9.17) is 0 Å². The molecule has 7 nitrogen and oxygen atoms in total. The molecule has 0 spiro atoms. The van der Waals surface area contributed by atoms with Gasteiger partial charge >= 0.3 is 0 Å². The van der Waals surface area contributed by atoms with Gasteiger partial charge in [0.05, 0.1) is 6.26 Å². The van der Waals surface area contributed by atoms with E-state index in [1.807, 2.05) is 17.9 Å². The molecule has 1 unspecified atom stereocenters. The number of hydrogen-bond donors (Lipinski definition) is 2. The minimum Gasteiger partial charge on any atom is -0.336 e. The Bertz CT molecular complexity index is 1120. The highest BCUT2D eigenvalue weighted by atomic mass is 32.2. The zero-order chi connectivity index (χ0) is 23.3. The van der Waals surface area contributed by atoms with Crippen LogP contribution >= 0.6 is 0 Å². The summed E-state index contributed by atoms with van der Waals surface area (Å²) in [5.74, 6) is -0.262. The fourth-order valence-electron chi connectivity index (χ4n) is 3.73. The monoisotopic (exact) mass is 455 g/mol. The standard InChI is InChI=1S/C24H29N3O4S/c1-17-16-20(24(29)27-15-5-4-6-18(27)2)10-13-22(17)25-23(28)14-9-19-7-11-21(12-8-19)26-32(3,30)31/h7-14,16,18,26H,4-6,15H2,1-3H3,(H,25,28)/b14-9+. The summed E-state index contributed by atoms with van der Waals surface area (Å²) in [6, 6.07) is 12.3. The number of carbonyl (C=O) groups excluding carboxylic acids is 2. The zero-order valence-corrected chi connectivity index (χ0v) is 19.4. The Hall–Kier alpha value is -3.13. The van der Waals surface area contributed by atoms with E-state index in [-0.39, 0.29) is 17.9 Å².